The lowest BCUT2D eigenvalue weighted by Crippen LogP contribution is -2.52. The lowest BCUT2D eigenvalue weighted by atomic mass is 10.1. The number of hydrogen-bond donors (Lipinski definition) is 2. The van der Waals surface area contributed by atoms with Crippen molar-refractivity contribution in [3.63, 3.8) is 0 Å². The van der Waals surface area contributed by atoms with Gasteiger partial charge in [0.05, 0.1) is 6.54 Å². The number of carbonyl (C=O) groups excluding carboxylic acids is 1. The molecule has 27 heavy (non-hydrogen) atoms. The molecule has 0 saturated carbocycles. The standard InChI is InChI=1S/C20H24N4O3/c25-19(22-17(20(26)27)14-16-6-2-1-3-7-16)15-23-10-12-24(13-11-23)18-8-4-5-9-21-18/h1-9,17H,10-15H2,(H,22,25)(H,26,27)/t17-/m1/s1. The topological polar surface area (TPSA) is 85.8 Å². The van der Waals surface area contributed by atoms with Crippen molar-refractivity contribution in [1.82, 2.24) is 15.2 Å². The first-order valence-electron chi connectivity index (χ1n) is 9.06. The number of carboxylic acids is 1. The SMILES string of the molecule is O=C(CN1CCN(c2ccccn2)CC1)N[C@H](Cc1ccccc1)C(=O)O. The fourth-order valence-electron chi connectivity index (χ4n) is 3.17. The van der Waals surface area contributed by atoms with Crippen LogP contribution in [0.1, 0.15) is 5.56 Å². The molecule has 1 aromatic carbocycles. The van der Waals surface area contributed by atoms with E-state index in [0.29, 0.717) is 0 Å². The Labute approximate surface area is 158 Å². The van der Waals surface area contributed by atoms with E-state index in [2.05, 4.69) is 15.2 Å². The number of carbonyl (C=O) groups is 2. The number of rotatable bonds is 7. The molecule has 0 spiro atoms. The van der Waals surface area contributed by atoms with Gasteiger partial charge in [0.15, 0.2) is 0 Å². The quantitative estimate of drug-likeness (QED) is 0.759. The number of nitrogens with zero attached hydrogens (tertiary/aromatic N) is 3. The van der Waals surface area contributed by atoms with Crippen LogP contribution in [0.4, 0.5) is 5.82 Å². The van der Waals surface area contributed by atoms with Gasteiger partial charge in [-0.15, -0.1) is 0 Å². The third-order valence-electron chi connectivity index (χ3n) is 4.63. The molecule has 0 radical (unpaired) electrons. The van der Waals surface area contributed by atoms with Crippen molar-refractivity contribution in [2.45, 2.75) is 12.5 Å². The highest BCUT2D eigenvalue weighted by molar-refractivity contribution is 5.84. The van der Waals surface area contributed by atoms with Gasteiger partial charge in [-0.2, -0.15) is 0 Å². The maximum absolute atomic E-state index is 12.3. The summed E-state index contributed by atoms with van der Waals surface area (Å²) in [6.45, 7) is 3.25. The van der Waals surface area contributed by atoms with Crippen LogP contribution >= 0.6 is 0 Å². The summed E-state index contributed by atoms with van der Waals surface area (Å²) < 4.78 is 0. The van der Waals surface area contributed by atoms with Gasteiger partial charge in [0.25, 0.3) is 0 Å². The number of aromatic nitrogens is 1. The zero-order chi connectivity index (χ0) is 19.1. The number of piperazine rings is 1. The van der Waals surface area contributed by atoms with Crippen molar-refractivity contribution in [1.29, 1.82) is 0 Å². The second-order valence-electron chi connectivity index (χ2n) is 6.60. The molecule has 1 saturated heterocycles. The number of nitrogens with one attached hydrogen (secondary N) is 1. The number of hydrogen-bond acceptors (Lipinski definition) is 5. The van der Waals surface area contributed by atoms with E-state index in [0.717, 1.165) is 37.6 Å². The van der Waals surface area contributed by atoms with Crippen LogP contribution in [-0.2, 0) is 16.0 Å². The van der Waals surface area contributed by atoms with Gasteiger partial charge in [-0.1, -0.05) is 36.4 Å². The van der Waals surface area contributed by atoms with Gasteiger partial charge < -0.3 is 15.3 Å². The van der Waals surface area contributed by atoms with Crippen molar-refractivity contribution in [2.75, 3.05) is 37.6 Å². The minimum absolute atomic E-state index is 0.203. The van der Waals surface area contributed by atoms with Crippen molar-refractivity contribution in [2.24, 2.45) is 0 Å². The maximum Gasteiger partial charge on any atom is 0.326 e. The molecule has 1 amide bonds. The van der Waals surface area contributed by atoms with Crippen LogP contribution in [0.5, 0.6) is 0 Å². The van der Waals surface area contributed by atoms with E-state index >= 15 is 0 Å². The van der Waals surface area contributed by atoms with Gasteiger partial charge in [-0.25, -0.2) is 9.78 Å². The third kappa shape index (κ3) is 5.52. The van der Waals surface area contributed by atoms with E-state index in [1.54, 1.807) is 6.20 Å². The van der Waals surface area contributed by atoms with E-state index in [-0.39, 0.29) is 18.9 Å². The van der Waals surface area contributed by atoms with Crippen LogP contribution in [0.15, 0.2) is 54.7 Å². The van der Waals surface area contributed by atoms with Gasteiger partial charge in [-0.3, -0.25) is 9.69 Å². The Kier molecular flexibility index (Phi) is 6.38. The van der Waals surface area contributed by atoms with Gasteiger partial charge in [0.2, 0.25) is 5.91 Å². The molecule has 7 heteroatoms. The molecule has 0 bridgehead atoms. The average molecular weight is 368 g/mol. The van der Waals surface area contributed by atoms with E-state index in [1.165, 1.54) is 0 Å². The highest BCUT2D eigenvalue weighted by Gasteiger charge is 2.23. The molecule has 1 aromatic heterocycles. The number of anilines is 1. The Morgan fingerprint density at radius 1 is 1.04 bits per heavy atom. The molecule has 2 heterocycles. The van der Waals surface area contributed by atoms with Crippen LogP contribution in [0.25, 0.3) is 0 Å². The summed E-state index contributed by atoms with van der Waals surface area (Å²) in [5.41, 5.74) is 0.883. The molecule has 1 aliphatic rings. The summed E-state index contributed by atoms with van der Waals surface area (Å²) in [5.74, 6) is -0.341. The van der Waals surface area contributed by atoms with Crippen LogP contribution in [0, 0.1) is 0 Å². The normalized spacial score (nSPS) is 15.9. The highest BCUT2D eigenvalue weighted by atomic mass is 16.4. The van der Waals surface area contributed by atoms with E-state index in [1.807, 2.05) is 53.4 Å². The van der Waals surface area contributed by atoms with Crippen LogP contribution < -0.4 is 10.2 Å². The molecule has 0 unspecified atom stereocenters. The van der Waals surface area contributed by atoms with Gasteiger partial charge >= 0.3 is 5.97 Å². The average Bonchev–Trinajstić information content (AvgIpc) is 2.69. The summed E-state index contributed by atoms with van der Waals surface area (Å²) in [7, 11) is 0. The Morgan fingerprint density at radius 2 is 1.74 bits per heavy atom. The van der Waals surface area contributed by atoms with Gasteiger partial charge in [0.1, 0.15) is 11.9 Å². The highest BCUT2D eigenvalue weighted by Crippen LogP contribution is 2.12. The predicted molar refractivity (Wildman–Crippen MR) is 103 cm³/mol. The lowest BCUT2D eigenvalue weighted by Gasteiger charge is -2.35. The number of carboxylic acid groups (broad SMARTS) is 1. The number of pyridine rings is 1. The van der Waals surface area contributed by atoms with E-state index in [9.17, 15) is 14.7 Å². The zero-order valence-corrected chi connectivity index (χ0v) is 15.1. The van der Waals surface area contributed by atoms with Crippen LogP contribution in [0.2, 0.25) is 0 Å². The summed E-state index contributed by atoms with van der Waals surface area (Å²) in [6.07, 6.45) is 2.04. The molecular weight excluding hydrogens is 344 g/mol. The fourth-order valence-corrected chi connectivity index (χ4v) is 3.17. The molecule has 142 valence electrons. The Bertz CT molecular complexity index is 746. The summed E-state index contributed by atoms with van der Waals surface area (Å²) in [4.78, 5) is 32.4. The minimum Gasteiger partial charge on any atom is -0.480 e. The summed E-state index contributed by atoms with van der Waals surface area (Å²) >= 11 is 0. The number of aliphatic carboxylic acids is 1. The molecule has 3 rings (SSSR count). The van der Waals surface area contributed by atoms with E-state index < -0.39 is 12.0 Å². The molecule has 1 atom stereocenters. The minimum atomic E-state index is -1.02. The maximum atomic E-state index is 12.3. The van der Waals surface area contributed by atoms with Crippen LogP contribution in [0.3, 0.4) is 0 Å². The first-order chi connectivity index (χ1) is 13.1. The first kappa shape index (κ1) is 18.8. The van der Waals surface area contributed by atoms with Crippen LogP contribution in [-0.4, -0.2) is 65.6 Å². The molecular formula is C20H24N4O3. The van der Waals surface area contributed by atoms with Crippen molar-refractivity contribution in [3.8, 4) is 0 Å². The van der Waals surface area contributed by atoms with Crippen molar-refractivity contribution >= 4 is 17.7 Å². The van der Waals surface area contributed by atoms with Gasteiger partial charge in [-0.05, 0) is 17.7 Å². The van der Waals surface area contributed by atoms with E-state index in [4.69, 9.17) is 0 Å². The molecule has 1 aliphatic heterocycles. The van der Waals surface area contributed by atoms with Crippen molar-refractivity contribution in [3.05, 3.63) is 60.3 Å². The zero-order valence-electron chi connectivity index (χ0n) is 15.1. The molecule has 2 aromatic rings. The number of amides is 1. The van der Waals surface area contributed by atoms with Crippen molar-refractivity contribution < 1.29 is 14.7 Å². The smallest absolute Gasteiger partial charge is 0.326 e. The fraction of sp³-hybridized carbons (Fsp3) is 0.350. The molecule has 7 nitrogen and oxygen atoms in total. The summed E-state index contributed by atoms with van der Waals surface area (Å²) in [6, 6.07) is 14.2. The molecule has 2 N–H and O–H groups in total. The van der Waals surface area contributed by atoms with Gasteiger partial charge in [0, 0.05) is 38.8 Å². The molecule has 0 aliphatic carbocycles. The molecule has 1 fully saturated rings. The Morgan fingerprint density at radius 3 is 2.37 bits per heavy atom. The lowest BCUT2D eigenvalue weighted by molar-refractivity contribution is -0.142. The second-order valence-corrected chi connectivity index (χ2v) is 6.60. The second kappa shape index (κ2) is 9.14. The first-order valence-corrected chi connectivity index (χ1v) is 9.06. The summed E-state index contributed by atoms with van der Waals surface area (Å²) in [5, 5.41) is 12.1. The third-order valence-corrected chi connectivity index (χ3v) is 4.63. The Balaban J connectivity index is 1.48. The monoisotopic (exact) mass is 368 g/mol. The largest absolute Gasteiger partial charge is 0.480 e. The predicted octanol–water partition coefficient (Wildman–Crippen LogP) is 1.02. The number of benzene rings is 1. The Hall–Kier alpha value is -2.93.